The Morgan fingerprint density at radius 1 is 1.33 bits per heavy atom. The van der Waals surface area contributed by atoms with Crippen LogP contribution in [-0.4, -0.2) is 40.7 Å². The molecular formula is C12H15Cl2NO3. The van der Waals surface area contributed by atoms with Gasteiger partial charge in [0.15, 0.2) is 6.10 Å². The lowest BCUT2D eigenvalue weighted by molar-refractivity contribution is -0.141. The van der Waals surface area contributed by atoms with Crippen molar-refractivity contribution < 1.29 is 15.0 Å². The van der Waals surface area contributed by atoms with Crippen molar-refractivity contribution in [2.75, 3.05) is 13.7 Å². The minimum atomic E-state index is -1.35. The summed E-state index contributed by atoms with van der Waals surface area (Å²) in [6.45, 7) is 1.50. The van der Waals surface area contributed by atoms with Crippen LogP contribution in [0.25, 0.3) is 0 Å². The molecule has 0 aromatic heterocycles. The molecule has 1 amide bonds. The summed E-state index contributed by atoms with van der Waals surface area (Å²) in [6.07, 6.45) is -1.35. The molecule has 0 radical (unpaired) electrons. The first-order valence-corrected chi connectivity index (χ1v) is 6.14. The molecule has 100 valence electrons. The zero-order valence-corrected chi connectivity index (χ0v) is 11.6. The van der Waals surface area contributed by atoms with Crippen molar-refractivity contribution in [1.29, 1.82) is 0 Å². The van der Waals surface area contributed by atoms with Crippen LogP contribution in [0.2, 0.25) is 10.0 Å². The molecule has 0 spiro atoms. The molecule has 0 heterocycles. The van der Waals surface area contributed by atoms with Crippen LogP contribution >= 0.6 is 23.2 Å². The summed E-state index contributed by atoms with van der Waals surface area (Å²) in [6, 6.07) is 4.10. The molecule has 2 N–H and O–H groups in total. The zero-order valence-electron chi connectivity index (χ0n) is 10.1. The maximum Gasteiger partial charge on any atom is 0.256 e. The minimum Gasteiger partial charge on any atom is -0.394 e. The molecule has 2 atom stereocenters. The summed E-state index contributed by atoms with van der Waals surface area (Å²) < 4.78 is 0. The van der Waals surface area contributed by atoms with Crippen LogP contribution in [0.5, 0.6) is 0 Å². The van der Waals surface area contributed by atoms with E-state index in [-0.39, 0.29) is 12.6 Å². The predicted molar refractivity (Wildman–Crippen MR) is 70.7 cm³/mol. The van der Waals surface area contributed by atoms with Gasteiger partial charge in [-0.3, -0.25) is 4.79 Å². The minimum absolute atomic E-state index is 0.175. The zero-order chi connectivity index (χ0) is 13.9. The standard InChI is InChI=1S/C12H15Cl2NO3/c1-7(6-16)15(2)12(18)11(17)8-3-9(13)5-10(14)4-8/h3-5,7,11,16-17H,6H2,1-2H3. The number of benzene rings is 1. The number of halogens is 2. The lowest BCUT2D eigenvalue weighted by Crippen LogP contribution is -2.40. The van der Waals surface area contributed by atoms with Gasteiger partial charge in [-0.25, -0.2) is 0 Å². The number of hydrogen-bond acceptors (Lipinski definition) is 3. The highest BCUT2D eigenvalue weighted by molar-refractivity contribution is 6.34. The Balaban J connectivity index is 2.92. The molecule has 0 bridgehead atoms. The molecule has 1 aromatic rings. The highest BCUT2D eigenvalue weighted by Crippen LogP contribution is 2.24. The quantitative estimate of drug-likeness (QED) is 0.890. The third-order valence-electron chi connectivity index (χ3n) is 2.71. The van der Waals surface area contributed by atoms with E-state index in [2.05, 4.69) is 0 Å². The van der Waals surface area contributed by atoms with Crippen molar-refractivity contribution in [3.05, 3.63) is 33.8 Å². The molecule has 2 unspecified atom stereocenters. The first kappa shape index (κ1) is 15.2. The first-order chi connectivity index (χ1) is 8.36. The number of nitrogens with zero attached hydrogens (tertiary/aromatic N) is 1. The number of carbonyl (C=O) groups is 1. The van der Waals surface area contributed by atoms with E-state index >= 15 is 0 Å². The van der Waals surface area contributed by atoms with Crippen molar-refractivity contribution in [2.45, 2.75) is 19.1 Å². The van der Waals surface area contributed by atoms with E-state index in [4.69, 9.17) is 28.3 Å². The third-order valence-corrected chi connectivity index (χ3v) is 3.14. The molecule has 0 saturated carbocycles. The van der Waals surface area contributed by atoms with Gasteiger partial charge in [0.2, 0.25) is 0 Å². The number of aliphatic hydroxyl groups excluding tert-OH is 2. The first-order valence-electron chi connectivity index (χ1n) is 5.38. The van der Waals surface area contributed by atoms with E-state index in [1.165, 1.54) is 30.1 Å². The van der Waals surface area contributed by atoms with Gasteiger partial charge >= 0.3 is 0 Å². The van der Waals surface area contributed by atoms with Crippen molar-refractivity contribution in [2.24, 2.45) is 0 Å². The molecule has 0 aliphatic carbocycles. The molecule has 6 heteroatoms. The number of rotatable bonds is 4. The Morgan fingerprint density at radius 3 is 2.28 bits per heavy atom. The van der Waals surface area contributed by atoms with Crippen LogP contribution in [0, 0.1) is 0 Å². The van der Waals surface area contributed by atoms with E-state index in [0.29, 0.717) is 15.6 Å². The van der Waals surface area contributed by atoms with E-state index in [1.54, 1.807) is 6.92 Å². The summed E-state index contributed by atoms with van der Waals surface area (Å²) in [5.74, 6) is -0.519. The van der Waals surface area contributed by atoms with Gasteiger partial charge in [-0.15, -0.1) is 0 Å². The van der Waals surface area contributed by atoms with Crippen LogP contribution < -0.4 is 0 Å². The molecule has 0 saturated heterocycles. The average Bonchev–Trinajstić information content (AvgIpc) is 2.33. The molecular weight excluding hydrogens is 277 g/mol. The predicted octanol–water partition coefficient (Wildman–Crippen LogP) is 1.87. The lowest BCUT2D eigenvalue weighted by Gasteiger charge is -2.25. The Morgan fingerprint density at radius 2 is 1.83 bits per heavy atom. The van der Waals surface area contributed by atoms with Gasteiger partial charge in [0.1, 0.15) is 0 Å². The Bertz CT molecular complexity index is 419. The molecule has 4 nitrogen and oxygen atoms in total. The molecule has 0 aliphatic heterocycles. The van der Waals surface area contributed by atoms with Crippen molar-refractivity contribution >= 4 is 29.1 Å². The average molecular weight is 292 g/mol. The summed E-state index contributed by atoms with van der Waals surface area (Å²) in [7, 11) is 1.51. The number of aliphatic hydroxyl groups is 2. The number of likely N-dealkylation sites (N-methyl/N-ethyl adjacent to an activating group) is 1. The van der Waals surface area contributed by atoms with Crippen molar-refractivity contribution in [3.8, 4) is 0 Å². The van der Waals surface area contributed by atoms with Gasteiger partial charge in [-0.2, -0.15) is 0 Å². The Labute approximate surface area is 116 Å². The second-order valence-electron chi connectivity index (χ2n) is 4.09. The van der Waals surface area contributed by atoms with Gasteiger partial charge in [0.25, 0.3) is 5.91 Å². The summed E-state index contributed by atoms with van der Waals surface area (Å²) in [5.41, 5.74) is 0.328. The van der Waals surface area contributed by atoms with Gasteiger partial charge in [0, 0.05) is 17.1 Å². The highest BCUT2D eigenvalue weighted by atomic mass is 35.5. The smallest absolute Gasteiger partial charge is 0.256 e. The van der Waals surface area contributed by atoms with Gasteiger partial charge in [0.05, 0.1) is 12.6 Å². The molecule has 1 rings (SSSR count). The van der Waals surface area contributed by atoms with Crippen LogP contribution in [0.15, 0.2) is 18.2 Å². The van der Waals surface area contributed by atoms with Gasteiger partial charge in [-0.1, -0.05) is 23.2 Å². The van der Waals surface area contributed by atoms with Crippen LogP contribution in [-0.2, 0) is 4.79 Å². The summed E-state index contributed by atoms with van der Waals surface area (Å²) >= 11 is 11.6. The lowest BCUT2D eigenvalue weighted by atomic mass is 10.1. The van der Waals surface area contributed by atoms with Crippen molar-refractivity contribution in [3.63, 3.8) is 0 Å². The fraction of sp³-hybridized carbons (Fsp3) is 0.417. The highest BCUT2D eigenvalue weighted by Gasteiger charge is 2.24. The fourth-order valence-corrected chi connectivity index (χ4v) is 1.95. The number of carbonyl (C=O) groups excluding carboxylic acids is 1. The topological polar surface area (TPSA) is 60.8 Å². The normalized spacial score (nSPS) is 14.1. The summed E-state index contributed by atoms with van der Waals surface area (Å²) in [5, 5.41) is 19.6. The monoisotopic (exact) mass is 291 g/mol. The maximum atomic E-state index is 11.9. The fourth-order valence-electron chi connectivity index (χ4n) is 1.41. The molecule has 1 aromatic carbocycles. The number of hydrogen-bond donors (Lipinski definition) is 2. The van der Waals surface area contributed by atoms with E-state index in [0.717, 1.165) is 0 Å². The largest absolute Gasteiger partial charge is 0.394 e. The van der Waals surface area contributed by atoms with E-state index in [9.17, 15) is 9.90 Å². The summed E-state index contributed by atoms with van der Waals surface area (Å²) in [4.78, 5) is 13.2. The van der Waals surface area contributed by atoms with Gasteiger partial charge in [-0.05, 0) is 30.7 Å². The van der Waals surface area contributed by atoms with Crippen molar-refractivity contribution in [1.82, 2.24) is 4.90 Å². The second-order valence-corrected chi connectivity index (χ2v) is 4.96. The van der Waals surface area contributed by atoms with Crippen LogP contribution in [0.3, 0.4) is 0 Å². The number of amides is 1. The Hall–Kier alpha value is -0.810. The van der Waals surface area contributed by atoms with Crippen LogP contribution in [0.1, 0.15) is 18.6 Å². The maximum absolute atomic E-state index is 11.9. The van der Waals surface area contributed by atoms with Gasteiger partial charge < -0.3 is 15.1 Å². The molecule has 0 aliphatic rings. The second kappa shape index (κ2) is 6.38. The SMILES string of the molecule is CC(CO)N(C)C(=O)C(O)c1cc(Cl)cc(Cl)c1. The van der Waals surface area contributed by atoms with E-state index in [1.807, 2.05) is 0 Å². The Kier molecular flexibility index (Phi) is 5.41. The third kappa shape index (κ3) is 3.59. The molecule has 0 fully saturated rings. The van der Waals surface area contributed by atoms with Crippen LogP contribution in [0.4, 0.5) is 0 Å². The molecule has 18 heavy (non-hydrogen) atoms. The van der Waals surface area contributed by atoms with E-state index < -0.39 is 12.0 Å².